The summed E-state index contributed by atoms with van der Waals surface area (Å²) in [6.07, 6.45) is 11.6. The molecule has 2 fully saturated rings. The number of nitrogens with one attached hydrogen (secondary N) is 2. The molecule has 7 heteroatoms. The zero-order valence-electron chi connectivity index (χ0n) is 17.4. The van der Waals surface area contributed by atoms with Gasteiger partial charge in [-0.05, 0) is 37.8 Å². The van der Waals surface area contributed by atoms with E-state index in [-0.39, 0.29) is 30.3 Å². The standard InChI is InChI=1S/C23H31N3O2S2/c27-21(24-16-9-3-1-4-10-16)15-20(22(28)25-17-11-5-2-6-12-17)30-23-26-18-13-7-8-14-19(18)29-23/h7-8,13-14,16-17,20H,1-6,9-12,15H2,(H,24,27)(H,25,28). The fourth-order valence-electron chi connectivity index (χ4n) is 4.45. The van der Waals surface area contributed by atoms with Crippen LogP contribution < -0.4 is 10.6 Å². The van der Waals surface area contributed by atoms with Gasteiger partial charge in [0.25, 0.3) is 0 Å². The van der Waals surface area contributed by atoms with E-state index in [2.05, 4.69) is 15.6 Å². The summed E-state index contributed by atoms with van der Waals surface area (Å²) in [7, 11) is 0. The Kier molecular flexibility index (Phi) is 7.66. The van der Waals surface area contributed by atoms with Gasteiger partial charge in [-0.3, -0.25) is 9.59 Å². The molecule has 0 bridgehead atoms. The maximum atomic E-state index is 13.1. The molecule has 2 aliphatic rings. The van der Waals surface area contributed by atoms with Crippen LogP contribution in [-0.2, 0) is 9.59 Å². The minimum Gasteiger partial charge on any atom is -0.353 e. The summed E-state index contributed by atoms with van der Waals surface area (Å²) in [5, 5.41) is 5.94. The number of rotatable bonds is 7. The molecule has 0 aliphatic heterocycles. The van der Waals surface area contributed by atoms with E-state index in [0.717, 1.165) is 40.2 Å². The van der Waals surface area contributed by atoms with E-state index in [9.17, 15) is 9.59 Å². The number of amides is 2. The van der Waals surface area contributed by atoms with Gasteiger partial charge in [-0.2, -0.15) is 0 Å². The van der Waals surface area contributed by atoms with E-state index < -0.39 is 5.25 Å². The van der Waals surface area contributed by atoms with Crippen molar-refractivity contribution in [3.05, 3.63) is 24.3 Å². The maximum Gasteiger partial charge on any atom is 0.234 e. The molecular weight excluding hydrogens is 414 g/mol. The van der Waals surface area contributed by atoms with E-state index >= 15 is 0 Å². The number of carbonyl (C=O) groups is 2. The fraction of sp³-hybridized carbons (Fsp3) is 0.609. The molecule has 0 spiro atoms. The van der Waals surface area contributed by atoms with Gasteiger partial charge in [0.1, 0.15) is 0 Å². The lowest BCUT2D eigenvalue weighted by atomic mass is 9.95. The Morgan fingerprint density at radius 1 is 0.967 bits per heavy atom. The Bertz CT molecular complexity index is 824. The molecular formula is C23H31N3O2S2. The van der Waals surface area contributed by atoms with E-state index in [0.29, 0.717) is 0 Å². The topological polar surface area (TPSA) is 71.1 Å². The Labute approximate surface area is 186 Å². The van der Waals surface area contributed by atoms with Gasteiger partial charge in [-0.1, -0.05) is 62.4 Å². The van der Waals surface area contributed by atoms with Crippen LogP contribution in [0.25, 0.3) is 10.2 Å². The first-order valence-electron chi connectivity index (χ1n) is 11.3. The van der Waals surface area contributed by atoms with Crippen molar-refractivity contribution in [2.45, 2.75) is 92.3 Å². The van der Waals surface area contributed by atoms with E-state index in [1.807, 2.05) is 24.3 Å². The fourth-order valence-corrected chi connectivity index (χ4v) is 6.77. The SMILES string of the molecule is O=C(CC(Sc1nc2ccccc2s1)C(=O)NC1CCCCC1)NC1CCCCC1. The molecule has 0 saturated heterocycles. The highest BCUT2D eigenvalue weighted by Gasteiger charge is 2.28. The van der Waals surface area contributed by atoms with Gasteiger partial charge in [0, 0.05) is 18.5 Å². The number of thioether (sulfide) groups is 1. The lowest BCUT2D eigenvalue weighted by molar-refractivity contribution is -0.126. The second kappa shape index (κ2) is 10.6. The zero-order chi connectivity index (χ0) is 20.8. The number of carbonyl (C=O) groups excluding carboxylic acids is 2. The Balaban J connectivity index is 1.43. The van der Waals surface area contributed by atoms with Gasteiger partial charge in [0.15, 0.2) is 4.34 Å². The van der Waals surface area contributed by atoms with E-state index in [1.165, 1.54) is 50.3 Å². The molecule has 2 aromatic rings. The molecule has 162 valence electrons. The van der Waals surface area contributed by atoms with Crippen molar-refractivity contribution in [3.8, 4) is 0 Å². The van der Waals surface area contributed by atoms with Gasteiger partial charge < -0.3 is 10.6 Å². The van der Waals surface area contributed by atoms with Crippen molar-refractivity contribution in [1.82, 2.24) is 15.6 Å². The van der Waals surface area contributed by atoms with Crippen LogP contribution >= 0.6 is 23.1 Å². The molecule has 4 rings (SSSR count). The average molecular weight is 446 g/mol. The van der Waals surface area contributed by atoms with Crippen molar-refractivity contribution in [2.24, 2.45) is 0 Å². The Morgan fingerprint density at radius 2 is 1.60 bits per heavy atom. The molecule has 1 heterocycles. The number of fused-ring (bicyclic) bond motifs is 1. The quantitative estimate of drug-likeness (QED) is 0.586. The van der Waals surface area contributed by atoms with Crippen molar-refractivity contribution < 1.29 is 9.59 Å². The van der Waals surface area contributed by atoms with Crippen LogP contribution in [0.3, 0.4) is 0 Å². The minimum absolute atomic E-state index is 0.0145. The van der Waals surface area contributed by atoms with Gasteiger partial charge in [-0.25, -0.2) is 4.98 Å². The first-order valence-corrected chi connectivity index (χ1v) is 13.0. The van der Waals surface area contributed by atoms with Crippen molar-refractivity contribution in [2.75, 3.05) is 0 Å². The Hall–Kier alpha value is -1.60. The summed E-state index contributed by atoms with van der Waals surface area (Å²) in [5.74, 6) is -0.0377. The number of benzene rings is 1. The van der Waals surface area contributed by atoms with Crippen LogP contribution in [-0.4, -0.2) is 34.1 Å². The minimum atomic E-state index is -0.448. The second-order valence-corrected chi connectivity index (χ2v) is 11.0. The van der Waals surface area contributed by atoms with Crippen LogP contribution in [0.4, 0.5) is 0 Å². The van der Waals surface area contributed by atoms with Gasteiger partial charge in [-0.15, -0.1) is 11.3 Å². The number of para-hydroxylation sites is 1. The molecule has 1 aromatic carbocycles. The summed E-state index contributed by atoms with van der Waals surface area (Å²) in [4.78, 5) is 30.6. The summed E-state index contributed by atoms with van der Waals surface area (Å²) in [6, 6.07) is 8.51. The van der Waals surface area contributed by atoms with Crippen LogP contribution in [0, 0.1) is 0 Å². The normalized spacial score (nSPS) is 19.5. The van der Waals surface area contributed by atoms with Crippen LogP contribution in [0.15, 0.2) is 28.6 Å². The third-order valence-corrected chi connectivity index (χ3v) is 8.43. The number of hydrogen-bond acceptors (Lipinski definition) is 5. The zero-order valence-corrected chi connectivity index (χ0v) is 19.0. The monoisotopic (exact) mass is 445 g/mol. The molecule has 2 aliphatic carbocycles. The van der Waals surface area contributed by atoms with E-state index in [1.54, 1.807) is 11.3 Å². The molecule has 2 amide bonds. The first-order chi connectivity index (χ1) is 14.7. The number of thiazole rings is 1. The molecule has 1 unspecified atom stereocenters. The molecule has 1 atom stereocenters. The summed E-state index contributed by atoms with van der Waals surface area (Å²) >= 11 is 3.03. The molecule has 30 heavy (non-hydrogen) atoms. The molecule has 1 aromatic heterocycles. The van der Waals surface area contributed by atoms with Crippen molar-refractivity contribution in [3.63, 3.8) is 0 Å². The highest BCUT2D eigenvalue weighted by Crippen LogP contribution is 2.33. The third-order valence-electron chi connectivity index (χ3n) is 6.10. The van der Waals surface area contributed by atoms with Crippen molar-refractivity contribution in [1.29, 1.82) is 0 Å². The third kappa shape index (κ3) is 5.97. The van der Waals surface area contributed by atoms with Crippen LogP contribution in [0.2, 0.25) is 0 Å². The van der Waals surface area contributed by atoms with Crippen molar-refractivity contribution >= 4 is 45.1 Å². The number of aromatic nitrogens is 1. The molecule has 0 radical (unpaired) electrons. The van der Waals surface area contributed by atoms with Crippen LogP contribution in [0.1, 0.15) is 70.6 Å². The average Bonchev–Trinajstić information content (AvgIpc) is 3.17. The highest BCUT2D eigenvalue weighted by atomic mass is 32.2. The predicted octanol–water partition coefficient (Wildman–Crippen LogP) is 5.04. The lowest BCUT2D eigenvalue weighted by Crippen LogP contribution is -2.44. The second-order valence-electron chi connectivity index (χ2n) is 8.50. The molecule has 2 saturated carbocycles. The first kappa shape index (κ1) is 21.6. The van der Waals surface area contributed by atoms with Gasteiger partial charge in [0.05, 0.1) is 15.5 Å². The largest absolute Gasteiger partial charge is 0.353 e. The Morgan fingerprint density at radius 3 is 2.27 bits per heavy atom. The molecule has 2 N–H and O–H groups in total. The molecule has 5 nitrogen and oxygen atoms in total. The highest BCUT2D eigenvalue weighted by molar-refractivity contribution is 8.02. The van der Waals surface area contributed by atoms with E-state index in [4.69, 9.17) is 0 Å². The van der Waals surface area contributed by atoms with Crippen LogP contribution in [0.5, 0.6) is 0 Å². The predicted molar refractivity (Wildman–Crippen MR) is 124 cm³/mol. The lowest BCUT2D eigenvalue weighted by Gasteiger charge is -2.26. The summed E-state index contributed by atoms with van der Waals surface area (Å²) < 4.78 is 1.96. The smallest absolute Gasteiger partial charge is 0.234 e. The maximum absolute atomic E-state index is 13.1. The summed E-state index contributed by atoms with van der Waals surface area (Å²) in [6.45, 7) is 0. The van der Waals surface area contributed by atoms with Gasteiger partial charge in [0.2, 0.25) is 11.8 Å². The number of nitrogens with zero attached hydrogens (tertiary/aromatic N) is 1. The summed E-state index contributed by atoms with van der Waals surface area (Å²) in [5.41, 5.74) is 0.947. The number of hydrogen-bond donors (Lipinski definition) is 2. The van der Waals surface area contributed by atoms with Gasteiger partial charge >= 0.3 is 0 Å².